The standard InChI is InChI=1S/C16H26ClN3/c1-12(18)16(13-6-8-14(17)9-7-13)20-10-4-5-15(20)11-19(2)3/h6-9,12,15-16H,4-5,10-11,18H2,1-3H3. The van der Waals surface area contributed by atoms with Gasteiger partial charge in [0.15, 0.2) is 0 Å². The molecule has 1 saturated heterocycles. The van der Waals surface area contributed by atoms with Crippen LogP contribution in [0.15, 0.2) is 24.3 Å². The van der Waals surface area contributed by atoms with Crippen LogP contribution in [0.25, 0.3) is 0 Å². The highest BCUT2D eigenvalue weighted by Gasteiger charge is 2.33. The van der Waals surface area contributed by atoms with Gasteiger partial charge >= 0.3 is 0 Å². The molecular formula is C16H26ClN3. The minimum absolute atomic E-state index is 0.110. The van der Waals surface area contributed by atoms with Crippen LogP contribution in [-0.4, -0.2) is 49.1 Å². The van der Waals surface area contributed by atoms with Crippen molar-refractivity contribution >= 4 is 11.6 Å². The van der Waals surface area contributed by atoms with Gasteiger partial charge < -0.3 is 10.6 Å². The number of hydrogen-bond donors (Lipinski definition) is 1. The maximum atomic E-state index is 6.29. The second kappa shape index (κ2) is 6.90. The fraction of sp³-hybridized carbons (Fsp3) is 0.625. The molecule has 0 aromatic heterocycles. The molecular weight excluding hydrogens is 270 g/mol. The molecule has 0 saturated carbocycles. The van der Waals surface area contributed by atoms with Crippen molar-refractivity contribution < 1.29 is 0 Å². The zero-order chi connectivity index (χ0) is 14.7. The smallest absolute Gasteiger partial charge is 0.0499 e. The van der Waals surface area contributed by atoms with Gasteiger partial charge in [-0.2, -0.15) is 0 Å². The number of likely N-dealkylation sites (tertiary alicyclic amines) is 1. The number of hydrogen-bond acceptors (Lipinski definition) is 3. The molecule has 1 fully saturated rings. The van der Waals surface area contributed by atoms with Gasteiger partial charge in [0.05, 0.1) is 0 Å². The Labute approximate surface area is 127 Å². The second-order valence-corrected chi connectivity index (χ2v) is 6.59. The quantitative estimate of drug-likeness (QED) is 0.906. The van der Waals surface area contributed by atoms with E-state index < -0.39 is 0 Å². The van der Waals surface area contributed by atoms with Crippen LogP contribution in [0.1, 0.15) is 31.4 Å². The summed E-state index contributed by atoms with van der Waals surface area (Å²) in [6.45, 7) is 4.33. The van der Waals surface area contributed by atoms with Crippen molar-refractivity contribution in [2.24, 2.45) is 5.73 Å². The predicted molar refractivity (Wildman–Crippen MR) is 86.1 cm³/mol. The van der Waals surface area contributed by atoms with Gasteiger partial charge in [0.2, 0.25) is 0 Å². The first-order chi connectivity index (χ1) is 9.49. The largest absolute Gasteiger partial charge is 0.326 e. The number of benzene rings is 1. The highest BCUT2D eigenvalue weighted by Crippen LogP contribution is 2.32. The lowest BCUT2D eigenvalue weighted by Crippen LogP contribution is -2.45. The number of halogens is 1. The van der Waals surface area contributed by atoms with Crippen LogP contribution in [-0.2, 0) is 0 Å². The van der Waals surface area contributed by atoms with Crippen molar-refractivity contribution in [3.63, 3.8) is 0 Å². The first-order valence-corrected chi connectivity index (χ1v) is 7.78. The molecule has 3 atom stereocenters. The third kappa shape index (κ3) is 3.73. The van der Waals surface area contributed by atoms with Gasteiger partial charge in [-0.25, -0.2) is 0 Å². The van der Waals surface area contributed by atoms with E-state index in [4.69, 9.17) is 17.3 Å². The van der Waals surface area contributed by atoms with Gasteiger partial charge in [0.25, 0.3) is 0 Å². The fourth-order valence-corrected chi connectivity index (χ4v) is 3.42. The zero-order valence-electron chi connectivity index (χ0n) is 12.7. The molecule has 2 N–H and O–H groups in total. The summed E-state index contributed by atoms with van der Waals surface area (Å²) < 4.78 is 0. The lowest BCUT2D eigenvalue weighted by atomic mass is 9.98. The summed E-state index contributed by atoms with van der Waals surface area (Å²) in [7, 11) is 4.28. The molecule has 4 heteroatoms. The first-order valence-electron chi connectivity index (χ1n) is 7.40. The maximum Gasteiger partial charge on any atom is 0.0499 e. The molecule has 2 rings (SSSR count). The highest BCUT2D eigenvalue weighted by atomic mass is 35.5. The second-order valence-electron chi connectivity index (χ2n) is 6.15. The van der Waals surface area contributed by atoms with Crippen LogP contribution in [0.4, 0.5) is 0 Å². The molecule has 0 amide bonds. The third-order valence-corrected chi connectivity index (χ3v) is 4.32. The number of nitrogens with zero attached hydrogens (tertiary/aromatic N) is 2. The van der Waals surface area contributed by atoms with Crippen molar-refractivity contribution in [2.75, 3.05) is 27.2 Å². The number of likely N-dealkylation sites (N-methyl/N-ethyl adjacent to an activating group) is 1. The molecule has 1 aromatic carbocycles. The van der Waals surface area contributed by atoms with Crippen LogP contribution >= 0.6 is 11.6 Å². The van der Waals surface area contributed by atoms with E-state index in [9.17, 15) is 0 Å². The van der Waals surface area contributed by atoms with Gasteiger partial charge in [-0.05, 0) is 58.1 Å². The average molecular weight is 296 g/mol. The summed E-state index contributed by atoms with van der Waals surface area (Å²) in [4.78, 5) is 4.84. The van der Waals surface area contributed by atoms with E-state index in [1.807, 2.05) is 12.1 Å². The minimum Gasteiger partial charge on any atom is -0.326 e. The monoisotopic (exact) mass is 295 g/mol. The molecule has 3 unspecified atom stereocenters. The molecule has 0 radical (unpaired) electrons. The van der Waals surface area contributed by atoms with E-state index in [1.54, 1.807) is 0 Å². The van der Waals surface area contributed by atoms with Crippen molar-refractivity contribution in [1.82, 2.24) is 9.80 Å². The topological polar surface area (TPSA) is 32.5 Å². The van der Waals surface area contributed by atoms with E-state index in [0.717, 1.165) is 18.1 Å². The lowest BCUT2D eigenvalue weighted by Gasteiger charge is -2.37. The molecule has 1 aliphatic heterocycles. The Balaban J connectivity index is 2.21. The van der Waals surface area contributed by atoms with Gasteiger partial charge in [0, 0.05) is 29.7 Å². The van der Waals surface area contributed by atoms with Gasteiger partial charge in [0.1, 0.15) is 0 Å². The maximum absolute atomic E-state index is 6.29. The number of rotatable bonds is 5. The Morgan fingerprint density at radius 3 is 2.55 bits per heavy atom. The summed E-state index contributed by atoms with van der Waals surface area (Å²) in [5.74, 6) is 0. The SMILES string of the molecule is CC(N)C(c1ccc(Cl)cc1)N1CCCC1CN(C)C. The third-order valence-electron chi connectivity index (χ3n) is 4.07. The van der Waals surface area contributed by atoms with E-state index in [1.165, 1.54) is 18.4 Å². The fourth-order valence-electron chi connectivity index (χ4n) is 3.30. The van der Waals surface area contributed by atoms with Crippen LogP contribution in [0.2, 0.25) is 5.02 Å². The Kier molecular flexibility index (Phi) is 5.44. The Morgan fingerprint density at radius 2 is 2.00 bits per heavy atom. The zero-order valence-corrected chi connectivity index (χ0v) is 13.5. The van der Waals surface area contributed by atoms with Crippen LogP contribution in [0, 0.1) is 0 Å². The Hall–Kier alpha value is -0.610. The Bertz CT molecular complexity index is 416. The normalized spacial score (nSPS) is 23.2. The molecule has 1 heterocycles. The summed E-state index contributed by atoms with van der Waals surface area (Å²) in [5, 5.41) is 0.781. The van der Waals surface area contributed by atoms with E-state index in [-0.39, 0.29) is 12.1 Å². The molecule has 0 aliphatic carbocycles. The van der Waals surface area contributed by atoms with Crippen molar-refractivity contribution in [3.05, 3.63) is 34.9 Å². The van der Waals surface area contributed by atoms with Gasteiger partial charge in [-0.3, -0.25) is 4.90 Å². The van der Waals surface area contributed by atoms with Crippen LogP contribution in [0.5, 0.6) is 0 Å². The van der Waals surface area contributed by atoms with Gasteiger partial charge in [-0.15, -0.1) is 0 Å². The number of nitrogens with two attached hydrogens (primary N) is 1. The van der Waals surface area contributed by atoms with E-state index in [2.05, 4.69) is 43.0 Å². The molecule has 0 spiro atoms. The average Bonchev–Trinajstić information content (AvgIpc) is 2.79. The molecule has 20 heavy (non-hydrogen) atoms. The minimum atomic E-state index is 0.110. The van der Waals surface area contributed by atoms with Crippen molar-refractivity contribution in [2.45, 2.75) is 37.9 Å². The van der Waals surface area contributed by atoms with Crippen molar-refractivity contribution in [3.8, 4) is 0 Å². The molecule has 112 valence electrons. The lowest BCUT2D eigenvalue weighted by molar-refractivity contribution is 0.137. The van der Waals surface area contributed by atoms with Crippen LogP contribution in [0.3, 0.4) is 0 Å². The van der Waals surface area contributed by atoms with Gasteiger partial charge in [-0.1, -0.05) is 23.7 Å². The molecule has 1 aliphatic rings. The molecule has 3 nitrogen and oxygen atoms in total. The van der Waals surface area contributed by atoms with Crippen molar-refractivity contribution in [1.29, 1.82) is 0 Å². The van der Waals surface area contributed by atoms with E-state index in [0.29, 0.717) is 6.04 Å². The van der Waals surface area contributed by atoms with Crippen LogP contribution < -0.4 is 5.73 Å². The molecule has 1 aromatic rings. The predicted octanol–water partition coefficient (Wildman–Crippen LogP) is 2.75. The highest BCUT2D eigenvalue weighted by molar-refractivity contribution is 6.30. The molecule has 0 bridgehead atoms. The summed E-state index contributed by atoms with van der Waals surface area (Å²) in [6, 6.07) is 9.13. The summed E-state index contributed by atoms with van der Waals surface area (Å²) in [5.41, 5.74) is 7.56. The first kappa shape index (κ1) is 15.8. The summed E-state index contributed by atoms with van der Waals surface area (Å²) >= 11 is 6.00. The summed E-state index contributed by atoms with van der Waals surface area (Å²) in [6.07, 6.45) is 2.52. The Morgan fingerprint density at radius 1 is 1.35 bits per heavy atom. The van der Waals surface area contributed by atoms with E-state index >= 15 is 0 Å².